The number of ether oxygens (including phenoxy) is 1. The third-order valence-corrected chi connectivity index (χ3v) is 3.66. The number of carbonyl (C=O) groups is 1. The summed E-state index contributed by atoms with van der Waals surface area (Å²) in [5.41, 5.74) is 5.00. The van der Waals surface area contributed by atoms with Crippen LogP contribution in [0.3, 0.4) is 0 Å². The Balaban J connectivity index is 2.34. The van der Waals surface area contributed by atoms with Gasteiger partial charge in [0.2, 0.25) is 0 Å². The van der Waals surface area contributed by atoms with Gasteiger partial charge < -0.3 is 4.74 Å². The van der Waals surface area contributed by atoms with Gasteiger partial charge >= 0.3 is 0 Å². The number of nitriles is 1. The number of rotatable bonds is 5. The molecule has 1 N–H and O–H groups in total. The van der Waals surface area contributed by atoms with E-state index in [9.17, 15) is 10.1 Å². The third kappa shape index (κ3) is 3.98. The quantitative estimate of drug-likeness (QED) is 0.662. The molecule has 0 aliphatic carbocycles. The predicted molar refractivity (Wildman–Crippen MR) is 94.5 cm³/mol. The second-order valence-electron chi connectivity index (χ2n) is 5.18. The van der Waals surface area contributed by atoms with Gasteiger partial charge in [-0.1, -0.05) is 11.6 Å². The van der Waals surface area contributed by atoms with Gasteiger partial charge in [-0.15, -0.1) is 0 Å². The first-order valence-corrected chi connectivity index (χ1v) is 7.84. The molecule has 2 rings (SSSR count). The highest BCUT2D eigenvalue weighted by molar-refractivity contribution is 6.30. The molecular formula is C18H18ClN3O2. The molecule has 1 aromatic carbocycles. The Kier molecular flexibility index (Phi) is 5.67. The number of nitrogens with zero attached hydrogens (tertiary/aromatic N) is 2. The van der Waals surface area contributed by atoms with Gasteiger partial charge in [-0.2, -0.15) is 5.26 Å². The predicted octanol–water partition coefficient (Wildman–Crippen LogP) is 3.83. The van der Waals surface area contributed by atoms with Gasteiger partial charge in [0, 0.05) is 22.0 Å². The topological polar surface area (TPSA) is 67.0 Å². The first kappa shape index (κ1) is 17.6. The Morgan fingerprint density at radius 3 is 2.58 bits per heavy atom. The van der Waals surface area contributed by atoms with E-state index in [1.54, 1.807) is 22.9 Å². The highest BCUT2D eigenvalue weighted by Gasteiger charge is 2.13. The standard InChI is InChI=1S/C18H18ClN3O2/c1-4-24-17-8-7-16(19)10-14(17)9-15(11-20)18(23)21-22-12(2)5-6-13(22)3/h5-10H,4H2,1-3H3,(H,21,23)/b15-9-. The first-order valence-electron chi connectivity index (χ1n) is 7.46. The molecule has 0 spiro atoms. The minimum Gasteiger partial charge on any atom is -0.493 e. The SMILES string of the molecule is CCOc1ccc(Cl)cc1/C=C(/C#N)C(=O)Nn1c(C)ccc1C. The summed E-state index contributed by atoms with van der Waals surface area (Å²) in [7, 11) is 0. The summed E-state index contributed by atoms with van der Waals surface area (Å²) >= 11 is 6.01. The van der Waals surface area contributed by atoms with Crippen LogP contribution in [0, 0.1) is 25.2 Å². The highest BCUT2D eigenvalue weighted by Crippen LogP contribution is 2.25. The number of hydrogen-bond donors (Lipinski definition) is 1. The van der Waals surface area contributed by atoms with Crippen LogP contribution in [-0.2, 0) is 4.79 Å². The smallest absolute Gasteiger partial charge is 0.280 e. The molecule has 0 fully saturated rings. The van der Waals surface area contributed by atoms with E-state index in [1.165, 1.54) is 6.08 Å². The van der Waals surface area contributed by atoms with Crippen LogP contribution < -0.4 is 10.2 Å². The van der Waals surface area contributed by atoms with Crippen molar-refractivity contribution in [1.82, 2.24) is 4.68 Å². The Morgan fingerprint density at radius 2 is 2.00 bits per heavy atom. The van der Waals surface area contributed by atoms with E-state index in [4.69, 9.17) is 16.3 Å². The zero-order chi connectivity index (χ0) is 17.7. The van der Waals surface area contributed by atoms with E-state index in [2.05, 4.69) is 5.43 Å². The Bertz CT molecular complexity index is 812. The van der Waals surface area contributed by atoms with Crippen LogP contribution in [0.2, 0.25) is 5.02 Å². The first-order chi connectivity index (χ1) is 11.5. The number of carbonyl (C=O) groups excluding carboxylic acids is 1. The Morgan fingerprint density at radius 1 is 1.33 bits per heavy atom. The minimum absolute atomic E-state index is 0.0364. The maximum Gasteiger partial charge on any atom is 0.280 e. The molecule has 1 aromatic heterocycles. The lowest BCUT2D eigenvalue weighted by atomic mass is 10.1. The zero-order valence-electron chi connectivity index (χ0n) is 13.8. The van der Waals surface area contributed by atoms with Crippen LogP contribution in [0.1, 0.15) is 23.9 Å². The van der Waals surface area contributed by atoms with Gasteiger partial charge in [0.1, 0.15) is 17.4 Å². The average Bonchev–Trinajstić information content (AvgIpc) is 2.86. The van der Waals surface area contributed by atoms with Crippen molar-refractivity contribution in [1.29, 1.82) is 5.26 Å². The number of aryl methyl sites for hydroxylation is 2. The average molecular weight is 344 g/mol. The van der Waals surface area contributed by atoms with E-state index >= 15 is 0 Å². The van der Waals surface area contributed by atoms with Crippen LogP contribution in [0.4, 0.5) is 0 Å². The van der Waals surface area contributed by atoms with E-state index in [1.807, 2.05) is 39.0 Å². The van der Waals surface area contributed by atoms with Gasteiger partial charge in [0.05, 0.1) is 6.61 Å². The fourth-order valence-electron chi connectivity index (χ4n) is 2.23. The number of halogens is 1. The minimum atomic E-state index is -0.498. The van der Waals surface area contributed by atoms with Crippen LogP contribution in [0.25, 0.3) is 6.08 Å². The molecule has 6 heteroatoms. The summed E-state index contributed by atoms with van der Waals surface area (Å²) in [6.07, 6.45) is 1.47. The molecule has 0 atom stereocenters. The molecule has 24 heavy (non-hydrogen) atoms. The van der Waals surface area contributed by atoms with Gasteiger partial charge in [-0.05, 0) is 57.2 Å². The molecule has 2 aromatic rings. The van der Waals surface area contributed by atoms with Crippen molar-refractivity contribution >= 4 is 23.6 Å². The van der Waals surface area contributed by atoms with Crippen molar-refractivity contribution < 1.29 is 9.53 Å². The van der Waals surface area contributed by atoms with Crippen LogP contribution >= 0.6 is 11.6 Å². The van der Waals surface area contributed by atoms with Crippen molar-refractivity contribution in [3.8, 4) is 11.8 Å². The molecule has 0 aliphatic heterocycles. The maximum absolute atomic E-state index is 12.4. The molecule has 5 nitrogen and oxygen atoms in total. The van der Waals surface area contributed by atoms with Gasteiger partial charge in [0.25, 0.3) is 5.91 Å². The van der Waals surface area contributed by atoms with Gasteiger partial charge in [-0.25, -0.2) is 0 Å². The second-order valence-corrected chi connectivity index (χ2v) is 5.61. The largest absolute Gasteiger partial charge is 0.493 e. The number of hydrogen-bond acceptors (Lipinski definition) is 3. The summed E-state index contributed by atoms with van der Waals surface area (Å²) in [6, 6.07) is 10.8. The normalized spacial score (nSPS) is 11.0. The third-order valence-electron chi connectivity index (χ3n) is 3.42. The van der Waals surface area contributed by atoms with Gasteiger partial charge in [0.15, 0.2) is 0 Å². The van der Waals surface area contributed by atoms with Crippen molar-refractivity contribution in [2.75, 3.05) is 12.0 Å². The van der Waals surface area contributed by atoms with Crippen LogP contribution in [-0.4, -0.2) is 17.2 Å². The number of aromatic nitrogens is 1. The van der Waals surface area contributed by atoms with E-state index < -0.39 is 5.91 Å². The number of amides is 1. The van der Waals surface area contributed by atoms with Crippen LogP contribution in [0.5, 0.6) is 5.75 Å². The maximum atomic E-state index is 12.4. The molecular weight excluding hydrogens is 326 g/mol. The second kappa shape index (κ2) is 7.71. The molecule has 1 heterocycles. The number of nitrogens with one attached hydrogen (secondary N) is 1. The zero-order valence-corrected chi connectivity index (χ0v) is 14.5. The Labute approximate surface area is 146 Å². The lowest BCUT2D eigenvalue weighted by Crippen LogP contribution is -2.25. The molecule has 0 saturated carbocycles. The van der Waals surface area contributed by atoms with E-state index in [0.717, 1.165) is 11.4 Å². The summed E-state index contributed by atoms with van der Waals surface area (Å²) in [4.78, 5) is 12.4. The fourth-order valence-corrected chi connectivity index (χ4v) is 2.41. The molecule has 0 saturated heterocycles. The summed E-state index contributed by atoms with van der Waals surface area (Å²) < 4.78 is 7.15. The summed E-state index contributed by atoms with van der Waals surface area (Å²) in [5, 5.41) is 9.85. The Hall–Kier alpha value is -2.71. The summed E-state index contributed by atoms with van der Waals surface area (Å²) in [5.74, 6) is 0.0677. The summed E-state index contributed by atoms with van der Waals surface area (Å²) in [6.45, 7) is 6.07. The van der Waals surface area contributed by atoms with Crippen molar-refractivity contribution in [2.24, 2.45) is 0 Å². The van der Waals surface area contributed by atoms with Crippen molar-refractivity contribution in [2.45, 2.75) is 20.8 Å². The van der Waals surface area contributed by atoms with Crippen molar-refractivity contribution in [3.05, 3.63) is 57.9 Å². The van der Waals surface area contributed by atoms with Gasteiger partial charge in [-0.3, -0.25) is 14.9 Å². The van der Waals surface area contributed by atoms with Crippen molar-refractivity contribution in [3.63, 3.8) is 0 Å². The molecule has 124 valence electrons. The molecule has 1 amide bonds. The molecule has 0 bridgehead atoms. The lowest BCUT2D eigenvalue weighted by molar-refractivity contribution is -0.113. The van der Waals surface area contributed by atoms with Crippen LogP contribution in [0.15, 0.2) is 35.9 Å². The van der Waals surface area contributed by atoms with E-state index in [0.29, 0.717) is 22.9 Å². The molecule has 0 aliphatic rings. The lowest BCUT2D eigenvalue weighted by Gasteiger charge is -2.11. The molecule has 0 radical (unpaired) electrons. The fraction of sp³-hybridized carbons (Fsp3) is 0.222. The number of benzene rings is 1. The molecule has 0 unspecified atom stereocenters. The van der Waals surface area contributed by atoms with E-state index in [-0.39, 0.29) is 5.57 Å². The highest BCUT2D eigenvalue weighted by atomic mass is 35.5. The monoisotopic (exact) mass is 343 g/mol.